The van der Waals surface area contributed by atoms with E-state index in [9.17, 15) is 0 Å². The van der Waals surface area contributed by atoms with E-state index in [0.717, 1.165) is 51.0 Å². The molecule has 2 saturated heterocycles. The summed E-state index contributed by atoms with van der Waals surface area (Å²) in [5.74, 6) is 1.87. The third-order valence-corrected chi connectivity index (χ3v) is 5.02. The molecule has 23 heavy (non-hydrogen) atoms. The lowest BCUT2D eigenvalue weighted by Gasteiger charge is -2.38. The molecular formula is C17H30N4O2. The maximum Gasteiger partial charge on any atom is 0.243 e. The molecule has 0 bridgehead atoms. The molecule has 1 aromatic heterocycles. The average Bonchev–Trinajstić information content (AvgIpc) is 3.06. The molecule has 3 heterocycles. The first kappa shape index (κ1) is 16.9. The summed E-state index contributed by atoms with van der Waals surface area (Å²) in [4.78, 5) is 9.52. The zero-order chi connectivity index (χ0) is 16.2. The molecule has 0 saturated carbocycles. The van der Waals surface area contributed by atoms with E-state index in [1.807, 2.05) is 0 Å². The summed E-state index contributed by atoms with van der Waals surface area (Å²) in [6.07, 6.45) is 4.20. The van der Waals surface area contributed by atoms with Crippen LogP contribution in [0.3, 0.4) is 0 Å². The normalized spacial score (nSPS) is 25.8. The quantitative estimate of drug-likeness (QED) is 0.830. The number of rotatable bonds is 5. The van der Waals surface area contributed by atoms with Crippen molar-refractivity contribution in [1.82, 2.24) is 19.9 Å². The number of piperazine rings is 1. The molecule has 0 aromatic carbocycles. The fraction of sp³-hybridized carbons (Fsp3) is 0.882. The van der Waals surface area contributed by atoms with Gasteiger partial charge in [-0.3, -0.25) is 9.80 Å². The third kappa shape index (κ3) is 4.31. The van der Waals surface area contributed by atoms with Crippen LogP contribution in [0.15, 0.2) is 4.52 Å². The van der Waals surface area contributed by atoms with E-state index in [1.54, 1.807) is 0 Å². The standard InChI is InChI=1S/C17H30N4O2/c1-13(2)16-18-17(23-19-16)14(3)21-9-7-20(8-10-21)12-15-6-4-5-11-22-15/h13-15H,4-12H2,1-3H3/t14-,15+/m1/s1. The van der Waals surface area contributed by atoms with Crippen LogP contribution < -0.4 is 0 Å². The Morgan fingerprint density at radius 3 is 2.52 bits per heavy atom. The molecule has 0 amide bonds. The lowest BCUT2D eigenvalue weighted by molar-refractivity contribution is -0.0175. The van der Waals surface area contributed by atoms with E-state index in [0.29, 0.717) is 12.0 Å². The Hall–Kier alpha value is -0.980. The van der Waals surface area contributed by atoms with E-state index in [1.165, 1.54) is 19.3 Å². The molecule has 0 radical (unpaired) electrons. The Morgan fingerprint density at radius 2 is 1.91 bits per heavy atom. The first-order valence-electron chi connectivity index (χ1n) is 9.05. The van der Waals surface area contributed by atoms with Gasteiger partial charge in [0.15, 0.2) is 5.82 Å². The Morgan fingerprint density at radius 1 is 1.13 bits per heavy atom. The largest absolute Gasteiger partial charge is 0.377 e. The Balaban J connectivity index is 1.47. The number of nitrogens with zero attached hydrogens (tertiary/aromatic N) is 4. The third-order valence-electron chi connectivity index (χ3n) is 5.02. The lowest BCUT2D eigenvalue weighted by atomic mass is 10.1. The van der Waals surface area contributed by atoms with Crippen LogP contribution in [0.5, 0.6) is 0 Å². The van der Waals surface area contributed by atoms with Gasteiger partial charge in [0.1, 0.15) is 0 Å². The lowest BCUT2D eigenvalue weighted by Crippen LogP contribution is -2.49. The Labute approximate surface area is 139 Å². The SMILES string of the molecule is CC(C)c1noc([C@@H](C)N2CCN(C[C@@H]3CCCCO3)CC2)n1. The average molecular weight is 322 g/mol. The predicted octanol–water partition coefficient (Wildman–Crippen LogP) is 2.44. The van der Waals surface area contributed by atoms with Crippen LogP contribution >= 0.6 is 0 Å². The molecule has 0 aliphatic carbocycles. The molecule has 2 aliphatic heterocycles. The maximum absolute atomic E-state index is 5.86. The summed E-state index contributed by atoms with van der Waals surface area (Å²) in [5.41, 5.74) is 0. The van der Waals surface area contributed by atoms with Gasteiger partial charge in [0.05, 0.1) is 12.1 Å². The van der Waals surface area contributed by atoms with Gasteiger partial charge in [-0.1, -0.05) is 19.0 Å². The number of ether oxygens (including phenoxy) is 1. The van der Waals surface area contributed by atoms with Crippen molar-refractivity contribution in [3.8, 4) is 0 Å². The smallest absolute Gasteiger partial charge is 0.243 e. The highest BCUT2D eigenvalue weighted by Crippen LogP contribution is 2.22. The summed E-state index contributed by atoms with van der Waals surface area (Å²) in [5, 5.41) is 4.08. The molecule has 3 rings (SSSR count). The zero-order valence-corrected chi connectivity index (χ0v) is 14.7. The number of hydrogen-bond donors (Lipinski definition) is 0. The van der Waals surface area contributed by atoms with Crippen molar-refractivity contribution in [3.63, 3.8) is 0 Å². The van der Waals surface area contributed by atoms with Crippen molar-refractivity contribution in [3.05, 3.63) is 11.7 Å². The predicted molar refractivity (Wildman–Crippen MR) is 88.4 cm³/mol. The Bertz CT molecular complexity index is 477. The van der Waals surface area contributed by atoms with E-state index in [4.69, 9.17) is 9.26 Å². The van der Waals surface area contributed by atoms with Crippen LogP contribution in [-0.4, -0.2) is 65.4 Å². The minimum absolute atomic E-state index is 0.197. The minimum Gasteiger partial charge on any atom is -0.377 e. The van der Waals surface area contributed by atoms with Crippen molar-refractivity contribution in [2.45, 2.75) is 58.1 Å². The zero-order valence-electron chi connectivity index (χ0n) is 14.7. The van der Waals surface area contributed by atoms with Gasteiger partial charge in [0.25, 0.3) is 0 Å². The van der Waals surface area contributed by atoms with E-state index in [2.05, 4.69) is 40.7 Å². The Kier molecular flexibility index (Phi) is 5.67. The van der Waals surface area contributed by atoms with Crippen LogP contribution in [0.4, 0.5) is 0 Å². The van der Waals surface area contributed by atoms with E-state index in [-0.39, 0.29) is 6.04 Å². The van der Waals surface area contributed by atoms with Crippen molar-refractivity contribution in [2.24, 2.45) is 0 Å². The maximum atomic E-state index is 5.86. The van der Waals surface area contributed by atoms with Gasteiger partial charge in [0, 0.05) is 45.2 Å². The van der Waals surface area contributed by atoms with Crippen LogP contribution in [0, 0.1) is 0 Å². The topological polar surface area (TPSA) is 54.6 Å². The summed E-state index contributed by atoms with van der Waals surface area (Å²) in [6.45, 7) is 12.6. The van der Waals surface area contributed by atoms with Gasteiger partial charge in [0.2, 0.25) is 5.89 Å². The highest BCUT2D eigenvalue weighted by Gasteiger charge is 2.27. The molecule has 0 unspecified atom stereocenters. The van der Waals surface area contributed by atoms with Crippen LogP contribution in [0.25, 0.3) is 0 Å². The second-order valence-electron chi connectivity index (χ2n) is 7.15. The summed E-state index contributed by atoms with van der Waals surface area (Å²) < 4.78 is 11.3. The van der Waals surface area contributed by atoms with Gasteiger partial charge in [-0.25, -0.2) is 0 Å². The van der Waals surface area contributed by atoms with Gasteiger partial charge in [-0.15, -0.1) is 0 Å². The van der Waals surface area contributed by atoms with E-state index < -0.39 is 0 Å². The molecule has 0 N–H and O–H groups in total. The van der Waals surface area contributed by atoms with Gasteiger partial charge in [-0.2, -0.15) is 4.98 Å². The number of aromatic nitrogens is 2. The summed E-state index contributed by atoms with van der Waals surface area (Å²) >= 11 is 0. The van der Waals surface area contributed by atoms with Crippen molar-refractivity contribution in [1.29, 1.82) is 0 Å². The van der Waals surface area contributed by atoms with Crippen molar-refractivity contribution in [2.75, 3.05) is 39.3 Å². The number of hydrogen-bond acceptors (Lipinski definition) is 6. The monoisotopic (exact) mass is 322 g/mol. The molecule has 0 spiro atoms. The van der Waals surface area contributed by atoms with Crippen molar-refractivity contribution >= 4 is 0 Å². The fourth-order valence-corrected chi connectivity index (χ4v) is 3.38. The molecule has 1 aromatic rings. The van der Waals surface area contributed by atoms with Crippen molar-refractivity contribution < 1.29 is 9.26 Å². The summed E-state index contributed by atoms with van der Waals surface area (Å²) in [7, 11) is 0. The van der Waals surface area contributed by atoms with Gasteiger partial charge in [-0.05, 0) is 26.2 Å². The second-order valence-corrected chi connectivity index (χ2v) is 7.15. The van der Waals surface area contributed by atoms with Crippen LogP contribution in [0.2, 0.25) is 0 Å². The highest BCUT2D eigenvalue weighted by molar-refractivity contribution is 4.96. The molecule has 2 fully saturated rings. The highest BCUT2D eigenvalue weighted by atomic mass is 16.5. The van der Waals surface area contributed by atoms with Gasteiger partial charge >= 0.3 is 0 Å². The first-order chi connectivity index (χ1) is 11.1. The van der Waals surface area contributed by atoms with Crippen LogP contribution in [-0.2, 0) is 4.74 Å². The van der Waals surface area contributed by atoms with Gasteiger partial charge < -0.3 is 9.26 Å². The molecular weight excluding hydrogens is 292 g/mol. The molecule has 6 nitrogen and oxygen atoms in total. The van der Waals surface area contributed by atoms with Crippen LogP contribution in [0.1, 0.15) is 63.7 Å². The fourth-order valence-electron chi connectivity index (χ4n) is 3.38. The molecule has 2 aliphatic rings. The second kappa shape index (κ2) is 7.73. The molecule has 2 atom stereocenters. The van der Waals surface area contributed by atoms with E-state index >= 15 is 0 Å². The molecule has 6 heteroatoms. The molecule has 130 valence electrons. The first-order valence-corrected chi connectivity index (χ1v) is 9.05. The summed E-state index contributed by atoms with van der Waals surface area (Å²) in [6, 6.07) is 0.197. The minimum atomic E-state index is 0.197.